The van der Waals surface area contributed by atoms with E-state index in [1.54, 1.807) is 42.5 Å². The topological polar surface area (TPSA) is 146 Å². The largest absolute Gasteiger partial charge is 0.478 e. The van der Waals surface area contributed by atoms with Gasteiger partial charge in [0, 0.05) is 18.8 Å². The molecule has 10 heteroatoms. The van der Waals surface area contributed by atoms with E-state index in [0.717, 1.165) is 14.2 Å². The zero-order valence-corrected chi connectivity index (χ0v) is 21.0. The maximum atomic E-state index is 13.2. The van der Waals surface area contributed by atoms with Crippen molar-refractivity contribution in [2.75, 3.05) is 37.1 Å². The normalized spacial score (nSPS) is 15.2. The Morgan fingerprint density at radius 3 is 2.19 bits per heavy atom. The molecule has 1 unspecified atom stereocenters. The number of allylic oxidation sites excluding steroid dienone is 1. The Morgan fingerprint density at radius 2 is 1.68 bits per heavy atom. The van der Waals surface area contributed by atoms with Crippen molar-refractivity contribution >= 4 is 29.3 Å². The highest BCUT2D eigenvalue weighted by Crippen LogP contribution is 2.43. The number of methoxy groups -OCH3 is 2. The lowest BCUT2D eigenvalue weighted by Gasteiger charge is -2.36. The van der Waals surface area contributed by atoms with E-state index < -0.39 is 23.8 Å². The number of nitrogens with zero attached hydrogens (tertiary/aromatic N) is 3. The van der Waals surface area contributed by atoms with Gasteiger partial charge in [-0.15, -0.1) is 0 Å². The molecular weight excluding hydrogens is 476 g/mol. The van der Waals surface area contributed by atoms with Gasteiger partial charge in [0.2, 0.25) is 0 Å². The fourth-order valence-electron chi connectivity index (χ4n) is 4.46. The van der Waals surface area contributed by atoms with Gasteiger partial charge in [0.1, 0.15) is 11.5 Å². The van der Waals surface area contributed by atoms with E-state index in [0.29, 0.717) is 24.3 Å². The van der Waals surface area contributed by atoms with E-state index in [9.17, 15) is 24.8 Å². The number of carboxylic acid groups (broad SMARTS) is 1. The molecule has 37 heavy (non-hydrogen) atoms. The van der Waals surface area contributed by atoms with Gasteiger partial charge in [0.15, 0.2) is 0 Å². The Morgan fingerprint density at radius 1 is 1.05 bits per heavy atom. The second-order valence-electron chi connectivity index (χ2n) is 8.01. The van der Waals surface area contributed by atoms with Crippen LogP contribution in [-0.4, -0.2) is 50.3 Å². The molecule has 10 nitrogen and oxygen atoms in total. The molecule has 0 saturated heterocycles. The van der Waals surface area contributed by atoms with Gasteiger partial charge in [0.25, 0.3) is 0 Å². The highest BCUT2D eigenvalue weighted by atomic mass is 16.5. The lowest BCUT2D eigenvalue weighted by Crippen LogP contribution is -2.41. The predicted octanol–water partition coefficient (Wildman–Crippen LogP) is 3.13. The highest BCUT2D eigenvalue weighted by Gasteiger charge is 2.43. The Kier molecular flexibility index (Phi) is 8.19. The summed E-state index contributed by atoms with van der Waals surface area (Å²) < 4.78 is 10.0. The molecule has 0 amide bonds. The summed E-state index contributed by atoms with van der Waals surface area (Å²) in [5.74, 6) is -4.12. The van der Waals surface area contributed by atoms with E-state index in [-0.39, 0.29) is 33.9 Å². The van der Waals surface area contributed by atoms with Gasteiger partial charge in [-0.25, -0.2) is 14.4 Å². The number of anilines is 2. The van der Waals surface area contributed by atoms with Gasteiger partial charge in [-0.3, -0.25) is 4.90 Å². The number of aromatic carboxylic acids is 1. The van der Waals surface area contributed by atoms with E-state index in [1.165, 1.54) is 11.0 Å². The molecule has 1 aliphatic rings. The summed E-state index contributed by atoms with van der Waals surface area (Å²) in [5.41, 5.74) is 7.17. The number of nitriles is 1. The number of carbonyl (C=O) groups is 3. The van der Waals surface area contributed by atoms with Gasteiger partial charge < -0.3 is 25.2 Å². The number of ether oxygens (including phenoxy) is 2. The van der Waals surface area contributed by atoms with Crippen LogP contribution in [0.1, 0.15) is 35.7 Å². The standard InChI is InChI=1S/C27H28N4O6/c1-5-30(6-2)20-13-12-17(14-18(20)25(32)33)31-23(27(35)37-4)22(26(34)36-3)21(19(15-28)24(31)29)16-10-8-7-9-11-16/h7-14,21H,5-6,29H2,1-4H3,(H,32,33). The van der Waals surface area contributed by atoms with E-state index in [4.69, 9.17) is 15.2 Å². The number of benzene rings is 2. The van der Waals surface area contributed by atoms with Crippen LogP contribution in [0.25, 0.3) is 0 Å². The summed E-state index contributed by atoms with van der Waals surface area (Å²) in [4.78, 5) is 41.6. The maximum absolute atomic E-state index is 13.2. The first-order valence-corrected chi connectivity index (χ1v) is 11.5. The summed E-state index contributed by atoms with van der Waals surface area (Å²) in [6.45, 7) is 4.94. The van der Waals surface area contributed by atoms with E-state index in [1.807, 2.05) is 18.7 Å². The van der Waals surface area contributed by atoms with Crippen molar-refractivity contribution in [3.8, 4) is 6.07 Å². The van der Waals surface area contributed by atoms with Gasteiger partial charge in [0.05, 0.1) is 48.6 Å². The van der Waals surface area contributed by atoms with Crippen LogP contribution in [-0.2, 0) is 19.1 Å². The summed E-state index contributed by atoms with van der Waals surface area (Å²) in [6, 6.07) is 15.2. The number of rotatable bonds is 8. The summed E-state index contributed by atoms with van der Waals surface area (Å²) in [5, 5.41) is 20.1. The van der Waals surface area contributed by atoms with Crippen molar-refractivity contribution in [3.63, 3.8) is 0 Å². The molecule has 1 aliphatic heterocycles. The lowest BCUT2D eigenvalue weighted by atomic mass is 9.81. The summed E-state index contributed by atoms with van der Waals surface area (Å²) in [7, 11) is 2.30. The van der Waals surface area contributed by atoms with Crippen LogP contribution in [0.15, 0.2) is 71.2 Å². The molecule has 3 N–H and O–H groups in total. The van der Waals surface area contributed by atoms with Crippen molar-refractivity contribution in [2.45, 2.75) is 19.8 Å². The van der Waals surface area contributed by atoms with Crippen LogP contribution >= 0.6 is 0 Å². The molecule has 192 valence electrons. The minimum absolute atomic E-state index is 0.0102. The maximum Gasteiger partial charge on any atom is 0.355 e. The quantitative estimate of drug-likeness (QED) is 0.514. The van der Waals surface area contributed by atoms with Crippen LogP contribution in [0.5, 0.6) is 0 Å². The fourth-order valence-corrected chi connectivity index (χ4v) is 4.46. The van der Waals surface area contributed by atoms with Gasteiger partial charge in [-0.1, -0.05) is 30.3 Å². The summed E-state index contributed by atoms with van der Waals surface area (Å²) in [6.07, 6.45) is 0. The Labute approximate surface area is 214 Å². The number of carboxylic acids is 1. The molecule has 0 aliphatic carbocycles. The number of hydrogen-bond donors (Lipinski definition) is 2. The van der Waals surface area contributed by atoms with Gasteiger partial charge in [-0.05, 0) is 37.6 Å². The monoisotopic (exact) mass is 504 g/mol. The predicted molar refractivity (Wildman–Crippen MR) is 137 cm³/mol. The lowest BCUT2D eigenvalue weighted by molar-refractivity contribution is -0.139. The number of carbonyl (C=O) groups excluding carboxylic acids is 2. The molecular formula is C27H28N4O6. The molecule has 0 radical (unpaired) electrons. The summed E-state index contributed by atoms with van der Waals surface area (Å²) >= 11 is 0. The molecule has 1 atom stereocenters. The molecule has 2 aromatic carbocycles. The van der Waals surface area contributed by atoms with Gasteiger partial charge >= 0.3 is 17.9 Å². The van der Waals surface area contributed by atoms with Crippen LogP contribution in [0.4, 0.5) is 11.4 Å². The molecule has 2 aromatic rings. The van der Waals surface area contributed by atoms with Crippen LogP contribution < -0.4 is 15.5 Å². The Hall–Kier alpha value is -4.78. The first-order valence-electron chi connectivity index (χ1n) is 11.5. The molecule has 0 spiro atoms. The molecule has 1 heterocycles. The molecule has 0 fully saturated rings. The molecule has 0 bridgehead atoms. The van der Waals surface area contributed by atoms with Crippen molar-refractivity contribution < 1.29 is 29.0 Å². The van der Waals surface area contributed by atoms with E-state index in [2.05, 4.69) is 6.07 Å². The second kappa shape index (κ2) is 11.3. The minimum atomic E-state index is -1.19. The van der Waals surface area contributed by atoms with E-state index >= 15 is 0 Å². The molecule has 0 aromatic heterocycles. The second-order valence-corrected chi connectivity index (χ2v) is 8.01. The third-order valence-corrected chi connectivity index (χ3v) is 6.18. The minimum Gasteiger partial charge on any atom is -0.478 e. The van der Waals surface area contributed by atoms with Crippen molar-refractivity contribution in [2.24, 2.45) is 5.73 Å². The SMILES string of the molecule is CCN(CC)c1ccc(N2C(N)=C(C#N)C(c3ccccc3)C(C(=O)OC)=C2C(=O)OC)cc1C(=O)O. The van der Waals surface area contributed by atoms with Crippen molar-refractivity contribution in [1.29, 1.82) is 5.26 Å². The average Bonchev–Trinajstić information content (AvgIpc) is 2.92. The van der Waals surface area contributed by atoms with Crippen molar-refractivity contribution in [3.05, 3.63) is 82.3 Å². The number of esters is 2. The zero-order valence-electron chi connectivity index (χ0n) is 21.0. The van der Waals surface area contributed by atoms with Crippen LogP contribution in [0, 0.1) is 11.3 Å². The third-order valence-electron chi connectivity index (χ3n) is 6.18. The smallest absolute Gasteiger partial charge is 0.355 e. The number of hydrogen-bond acceptors (Lipinski definition) is 9. The molecule has 0 saturated carbocycles. The zero-order chi connectivity index (χ0) is 27.3. The van der Waals surface area contributed by atoms with Crippen LogP contribution in [0.3, 0.4) is 0 Å². The van der Waals surface area contributed by atoms with Crippen LogP contribution in [0.2, 0.25) is 0 Å². The third kappa shape index (κ3) is 4.84. The molecule has 3 rings (SSSR count). The fraction of sp³-hybridized carbons (Fsp3) is 0.259. The first-order chi connectivity index (χ1) is 17.7. The average molecular weight is 505 g/mol. The highest BCUT2D eigenvalue weighted by molar-refractivity contribution is 6.07. The van der Waals surface area contributed by atoms with Gasteiger partial charge in [-0.2, -0.15) is 5.26 Å². The number of nitrogens with two attached hydrogens (primary N) is 1. The Balaban J connectivity index is 2.40. The first kappa shape index (κ1) is 26.8. The Bertz CT molecular complexity index is 1320. The van der Waals surface area contributed by atoms with Crippen molar-refractivity contribution in [1.82, 2.24) is 0 Å².